The number of aliphatic hydroxyl groups excluding tert-OH is 1. The minimum atomic E-state index is -5.24. The Morgan fingerprint density at radius 3 is 2.39 bits per heavy atom. The Labute approximate surface area is 258 Å². The smallest absolute Gasteiger partial charge is 0.471 e. The number of aromatic nitrogens is 1. The lowest BCUT2D eigenvalue weighted by Crippen LogP contribution is -2.57. The van der Waals surface area contributed by atoms with Crippen LogP contribution in [0.5, 0.6) is 11.5 Å². The Bertz CT molecular complexity index is 1850. The monoisotopic (exact) mass is 646 g/mol. The Balaban J connectivity index is 1.46. The van der Waals surface area contributed by atoms with Crippen molar-refractivity contribution < 1.29 is 62.2 Å². The number of carbonyl (C=O) groups excluding carboxylic acids is 4. The number of fused-ring (bicyclic) bond motifs is 5. The molecule has 2 heterocycles. The lowest BCUT2D eigenvalue weighted by Gasteiger charge is -2.42. The average molecular weight is 647 g/mol. The van der Waals surface area contributed by atoms with Gasteiger partial charge >= 0.3 is 12.1 Å². The molecule has 46 heavy (non-hydrogen) atoms. The van der Waals surface area contributed by atoms with E-state index in [1.165, 1.54) is 11.5 Å². The van der Waals surface area contributed by atoms with Gasteiger partial charge in [0.15, 0.2) is 12.1 Å². The van der Waals surface area contributed by atoms with E-state index < -0.39 is 108 Å². The number of amides is 1. The third kappa shape index (κ3) is 4.68. The number of hydrogen-bond donors (Lipinski definition) is 5. The quantitative estimate of drug-likeness (QED) is 0.206. The SMILES string of the molecule is CC(=O)[C@@]1(O)Cc2c(O)c3c(c(O)c2[C@H](O[C@H]2C[C@H](NC(=O)C(F)(F)F)[C@H](O)[C@H](C)O2)C1)C(=O)c1c(n(C)c2ccccc12)C3=O. The van der Waals surface area contributed by atoms with Gasteiger partial charge in [0.2, 0.25) is 11.6 Å². The fourth-order valence-corrected chi connectivity index (χ4v) is 6.77. The second-order valence-corrected chi connectivity index (χ2v) is 12.0. The second-order valence-electron chi connectivity index (χ2n) is 12.0. The number of rotatable bonds is 4. The Kier molecular flexibility index (Phi) is 7.31. The third-order valence-electron chi connectivity index (χ3n) is 9.16. The minimum absolute atomic E-state index is 0.000410. The molecule has 2 aromatic carbocycles. The predicted octanol–water partition coefficient (Wildman–Crippen LogP) is 2.23. The number of nitrogens with one attached hydrogen (secondary N) is 1. The first kappa shape index (κ1) is 31.7. The Hall–Kier alpha value is -4.31. The molecule has 15 heteroatoms. The molecule has 244 valence electrons. The summed E-state index contributed by atoms with van der Waals surface area (Å²) in [5.74, 6) is -6.12. The maximum atomic E-state index is 14.0. The summed E-state index contributed by atoms with van der Waals surface area (Å²) in [4.78, 5) is 52.2. The summed E-state index contributed by atoms with van der Waals surface area (Å²) in [6.07, 6.45) is -12.6. The van der Waals surface area contributed by atoms with Crippen LogP contribution in [0, 0.1) is 0 Å². The maximum Gasteiger partial charge on any atom is 0.471 e. The van der Waals surface area contributed by atoms with E-state index in [0.29, 0.717) is 10.9 Å². The number of nitrogens with zero attached hydrogens (tertiary/aromatic N) is 1. The molecule has 1 aromatic heterocycles. The summed E-state index contributed by atoms with van der Waals surface area (Å²) in [6, 6.07) is 5.20. The van der Waals surface area contributed by atoms with Crippen LogP contribution in [0.3, 0.4) is 0 Å². The van der Waals surface area contributed by atoms with Gasteiger partial charge in [-0.2, -0.15) is 13.2 Å². The van der Waals surface area contributed by atoms with Crippen LogP contribution in [-0.2, 0) is 32.5 Å². The summed E-state index contributed by atoms with van der Waals surface area (Å²) < 4.78 is 52.0. The summed E-state index contributed by atoms with van der Waals surface area (Å²) in [6.45, 7) is 2.39. The van der Waals surface area contributed by atoms with Crippen molar-refractivity contribution in [1.29, 1.82) is 0 Å². The summed E-state index contributed by atoms with van der Waals surface area (Å²) in [5.41, 5.74) is -3.22. The van der Waals surface area contributed by atoms with Crippen molar-refractivity contribution in [1.82, 2.24) is 9.88 Å². The molecular weight excluding hydrogens is 617 g/mol. The molecule has 3 aromatic rings. The first-order chi connectivity index (χ1) is 21.5. The number of halogens is 3. The number of phenols is 2. The standard InChI is InChI=1S/C31H29F3N2O10/c1-11-24(38)15(35-29(43)31(32,33)34)8-18(45-11)46-17-10-30(44,12(2)37)9-14-19(17)26(40)22-21(25(14)39)28(42)23-20(27(22)41)13-6-4-5-7-16(13)36(23)3/h4-7,11,15,17-18,24,38-40,44H,8-10H2,1-3H3,(H,35,43)/t11-,15-,17+,18-,24+,30+/m0/s1. The minimum Gasteiger partial charge on any atom is -0.507 e. The third-order valence-corrected chi connectivity index (χ3v) is 9.16. The molecule has 0 bridgehead atoms. The number of aromatic hydroxyl groups is 2. The number of carbonyl (C=O) groups is 4. The van der Waals surface area contributed by atoms with Crippen LogP contribution in [0.2, 0.25) is 0 Å². The molecule has 12 nitrogen and oxygen atoms in total. The van der Waals surface area contributed by atoms with Crippen molar-refractivity contribution in [2.45, 2.75) is 75.5 Å². The van der Waals surface area contributed by atoms with Gasteiger partial charge in [-0.3, -0.25) is 19.2 Å². The van der Waals surface area contributed by atoms with Gasteiger partial charge in [0.05, 0.1) is 34.9 Å². The molecule has 6 atom stereocenters. The fraction of sp³-hybridized carbons (Fsp3) is 0.419. The van der Waals surface area contributed by atoms with Crippen molar-refractivity contribution in [3.05, 3.63) is 57.8 Å². The molecule has 0 unspecified atom stereocenters. The van der Waals surface area contributed by atoms with Crippen LogP contribution in [0.1, 0.15) is 75.9 Å². The molecular formula is C31H29F3N2O10. The van der Waals surface area contributed by atoms with Gasteiger partial charge in [-0.05, 0) is 19.9 Å². The number of ketones is 3. The molecule has 2 aliphatic carbocycles. The fourth-order valence-electron chi connectivity index (χ4n) is 6.77. The number of benzene rings is 2. The van der Waals surface area contributed by atoms with Gasteiger partial charge in [-0.15, -0.1) is 0 Å². The lowest BCUT2D eigenvalue weighted by molar-refractivity contribution is -0.250. The predicted molar refractivity (Wildman–Crippen MR) is 150 cm³/mol. The summed E-state index contributed by atoms with van der Waals surface area (Å²) in [7, 11) is 1.57. The molecule has 1 aliphatic heterocycles. The number of ether oxygens (including phenoxy) is 2. The number of alkyl halides is 3. The van der Waals surface area contributed by atoms with E-state index in [-0.39, 0.29) is 22.4 Å². The number of Topliss-reactive ketones (excluding diaryl/α,β-unsaturated/α-hetero) is 1. The van der Waals surface area contributed by atoms with Crippen molar-refractivity contribution in [2.75, 3.05) is 0 Å². The molecule has 5 N–H and O–H groups in total. The molecule has 0 saturated carbocycles. The molecule has 1 fully saturated rings. The highest BCUT2D eigenvalue weighted by molar-refractivity contribution is 6.34. The molecule has 1 saturated heterocycles. The van der Waals surface area contributed by atoms with Crippen molar-refractivity contribution in [2.24, 2.45) is 7.05 Å². The summed E-state index contributed by atoms with van der Waals surface area (Å²) >= 11 is 0. The number of phenolic OH excluding ortho intramolecular Hbond substituents is 2. The zero-order valence-electron chi connectivity index (χ0n) is 24.6. The largest absolute Gasteiger partial charge is 0.507 e. The number of aryl methyl sites for hydroxylation is 1. The van der Waals surface area contributed by atoms with Gasteiger partial charge in [0.1, 0.15) is 28.9 Å². The van der Waals surface area contributed by atoms with E-state index in [1.807, 2.05) is 0 Å². The van der Waals surface area contributed by atoms with E-state index in [9.17, 15) is 52.8 Å². The van der Waals surface area contributed by atoms with Gasteiger partial charge in [-0.25, -0.2) is 0 Å². The van der Waals surface area contributed by atoms with Crippen LogP contribution in [0.15, 0.2) is 24.3 Å². The van der Waals surface area contributed by atoms with Crippen molar-refractivity contribution >= 4 is 34.2 Å². The topological polar surface area (TPSA) is 185 Å². The first-order valence-corrected chi connectivity index (χ1v) is 14.3. The molecule has 0 spiro atoms. The molecule has 6 rings (SSSR count). The number of hydrogen-bond acceptors (Lipinski definition) is 10. The second kappa shape index (κ2) is 10.6. The van der Waals surface area contributed by atoms with Crippen LogP contribution in [-0.4, -0.2) is 84.6 Å². The zero-order valence-corrected chi connectivity index (χ0v) is 24.6. The Morgan fingerprint density at radius 1 is 1.09 bits per heavy atom. The lowest BCUT2D eigenvalue weighted by atomic mass is 9.72. The van der Waals surface area contributed by atoms with Crippen molar-refractivity contribution in [3.8, 4) is 11.5 Å². The Morgan fingerprint density at radius 2 is 1.74 bits per heavy atom. The normalized spacial score (nSPS) is 27.6. The van der Waals surface area contributed by atoms with E-state index in [1.54, 1.807) is 36.6 Å². The van der Waals surface area contributed by atoms with Crippen LogP contribution < -0.4 is 5.32 Å². The van der Waals surface area contributed by atoms with Crippen LogP contribution >= 0.6 is 0 Å². The molecule has 3 aliphatic rings. The highest BCUT2D eigenvalue weighted by Gasteiger charge is 2.50. The van der Waals surface area contributed by atoms with Crippen molar-refractivity contribution in [3.63, 3.8) is 0 Å². The first-order valence-electron chi connectivity index (χ1n) is 14.3. The summed E-state index contributed by atoms with van der Waals surface area (Å²) in [5, 5.41) is 47.1. The number of para-hydroxylation sites is 1. The average Bonchev–Trinajstić information content (AvgIpc) is 3.28. The highest BCUT2D eigenvalue weighted by Crippen LogP contribution is 2.52. The van der Waals surface area contributed by atoms with E-state index in [2.05, 4.69) is 0 Å². The van der Waals surface area contributed by atoms with Crippen LogP contribution in [0.4, 0.5) is 13.2 Å². The molecule has 1 amide bonds. The van der Waals surface area contributed by atoms with E-state index in [4.69, 9.17) is 9.47 Å². The van der Waals surface area contributed by atoms with Gasteiger partial charge in [0, 0.05) is 48.3 Å². The van der Waals surface area contributed by atoms with Gasteiger partial charge in [0.25, 0.3) is 0 Å². The highest BCUT2D eigenvalue weighted by atomic mass is 19.4. The van der Waals surface area contributed by atoms with Gasteiger partial charge in [-0.1, -0.05) is 18.2 Å². The van der Waals surface area contributed by atoms with E-state index >= 15 is 0 Å². The van der Waals surface area contributed by atoms with Crippen LogP contribution in [0.25, 0.3) is 10.9 Å². The number of aliphatic hydroxyl groups is 2. The molecule has 0 radical (unpaired) electrons. The van der Waals surface area contributed by atoms with Gasteiger partial charge < -0.3 is 39.8 Å². The van der Waals surface area contributed by atoms with E-state index in [0.717, 1.165) is 6.92 Å². The maximum absolute atomic E-state index is 14.0. The zero-order chi connectivity index (χ0) is 33.6.